The Morgan fingerprint density at radius 3 is 2.66 bits per heavy atom. The summed E-state index contributed by atoms with van der Waals surface area (Å²) >= 11 is 0. The van der Waals surface area contributed by atoms with E-state index in [-0.39, 0.29) is 41.7 Å². The molecule has 1 saturated heterocycles. The second-order valence-corrected chi connectivity index (χ2v) is 8.10. The lowest BCUT2D eigenvalue weighted by atomic mass is 9.96. The predicted octanol–water partition coefficient (Wildman–Crippen LogP) is 3.84. The number of nitrogens with zero attached hydrogens (tertiary/aromatic N) is 3. The number of rotatable bonds is 4. The third kappa shape index (κ3) is 5.35. The van der Waals surface area contributed by atoms with Crippen molar-refractivity contribution >= 4 is 41.5 Å². The van der Waals surface area contributed by atoms with Crippen molar-refractivity contribution in [2.24, 2.45) is 0 Å². The van der Waals surface area contributed by atoms with Gasteiger partial charge in [-0.15, -0.1) is 12.4 Å². The summed E-state index contributed by atoms with van der Waals surface area (Å²) in [7, 11) is 0. The Morgan fingerprint density at radius 2 is 1.94 bits per heavy atom. The van der Waals surface area contributed by atoms with Crippen LogP contribution >= 0.6 is 12.4 Å². The van der Waals surface area contributed by atoms with Crippen LogP contribution in [0.4, 0.5) is 36.3 Å². The number of aryl methyl sites for hydroxylation is 1. The number of nitrogens with two attached hydrogens (primary N) is 1. The number of hydrogen-bond acceptors (Lipinski definition) is 6. The number of amides is 1. The van der Waals surface area contributed by atoms with E-state index in [4.69, 9.17) is 5.73 Å². The standard InChI is InChI=1S/C21H25F3N6O.ClH/c1-12(31)26-15-6-7-30(11-15)19-17-4-2-3-5-18(17)28-20(29-19)27-16-9-13(21(22,23)24)8-14(25)10-16;/h8-10,15H,2-7,11,25H2,1H3,(H,26,31)(H,27,28,29);1H/t15-;/m0./s1. The minimum Gasteiger partial charge on any atom is -0.399 e. The van der Waals surface area contributed by atoms with E-state index >= 15 is 0 Å². The van der Waals surface area contributed by atoms with Crippen molar-refractivity contribution in [1.29, 1.82) is 0 Å². The Kier molecular flexibility index (Phi) is 7.02. The fourth-order valence-electron chi connectivity index (χ4n) is 4.27. The highest BCUT2D eigenvalue weighted by atomic mass is 35.5. The molecule has 174 valence electrons. The van der Waals surface area contributed by atoms with Crippen LogP contribution in [0.1, 0.15) is 43.0 Å². The van der Waals surface area contributed by atoms with Gasteiger partial charge in [0.05, 0.1) is 11.3 Å². The minimum atomic E-state index is -4.50. The Balaban J connectivity index is 0.00000289. The fraction of sp³-hybridized carbons (Fsp3) is 0.476. The molecule has 1 aromatic heterocycles. The topological polar surface area (TPSA) is 96.2 Å². The Morgan fingerprint density at radius 1 is 1.19 bits per heavy atom. The van der Waals surface area contributed by atoms with Crippen LogP contribution in [0.25, 0.3) is 0 Å². The number of hydrogen-bond donors (Lipinski definition) is 3. The second-order valence-electron chi connectivity index (χ2n) is 8.10. The first-order valence-corrected chi connectivity index (χ1v) is 10.4. The van der Waals surface area contributed by atoms with Gasteiger partial charge in [-0.2, -0.15) is 18.2 Å². The first-order valence-electron chi connectivity index (χ1n) is 10.4. The number of nitrogen functional groups attached to an aromatic ring is 1. The smallest absolute Gasteiger partial charge is 0.399 e. The monoisotopic (exact) mass is 470 g/mol. The maximum absolute atomic E-state index is 13.2. The third-order valence-corrected chi connectivity index (χ3v) is 5.60. The zero-order valence-electron chi connectivity index (χ0n) is 17.6. The average molecular weight is 471 g/mol. The van der Waals surface area contributed by atoms with Crippen molar-refractivity contribution < 1.29 is 18.0 Å². The van der Waals surface area contributed by atoms with Gasteiger partial charge in [-0.3, -0.25) is 4.79 Å². The van der Waals surface area contributed by atoms with Crippen molar-refractivity contribution in [1.82, 2.24) is 15.3 Å². The van der Waals surface area contributed by atoms with Gasteiger partial charge in [0.15, 0.2) is 0 Å². The highest BCUT2D eigenvalue weighted by Gasteiger charge is 2.32. The number of fused-ring (bicyclic) bond motifs is 1. The molecule has 0 bridgehead atoms. The summed E-state index contributed by atoms with van der Waals surface area (Å²) in [5.41, 5.74) is 7.05. The average Bonchev–Trinajstić information content (AvgIpc) is 3.14. The number of benzene rings is 1. The number of aromatic nitrogens is 2. The highest BCUT2D eigenvalue weighted by Crippen LogP contribution is 2.35. The van der Waals surface area contributed by atoms with Crippen molar-refractivity contribution in [3.05, 3.63) is 35.0 Å². The van der Waals surface area contributed by atoms with Crippen molar-refractivity contribution in [3.63, 3.8) is 0 Å². The van der Waals surface area contributed by atoms with E-state index < -0.39 is 11.7 Å². The molecule has 4 N–H and O–H groups in total. The largest absolute Gasteiger partial charge is 0.416 e. The van der Waals surface area contributed by atoms with E-state index in [1.807, 2.05) is 0 Å². The Hall–Kier alpha value is -2.75. The lowest BCUT2D eigenvalue weighted by Gasteiger charge is -2.25. The van der Waals surface area contributed by atoms with Gasteiger partial charge in [0, 0.05) is 43.0 Å². The molecule has 1 aliphatic heterocycles. The summed E-state index contributed by atoms with van der Waals surface area (Å²) < 4.78 is 39.5. The highest BCUT2D eigenvalue weighted by molar-refractivity contribution is 5.85. The van der Waals surface area contributed by atoms with Crippen LogP contribution in [0.5, 0.6) is 0 Å². The second kappa shape index (κ2) is 9.40. The molecule has 0 radical (unpaired) electrons. The Labute approximate surface area is 190 Å². The van der Waals surface area contributed by atoms with Crippen LogP contribution in [0, 0.1) is 0 Å². The van der Waals surface area contributed by atoms with Crippen LogP contribution in [0.3, 0.4) is 0 Å². The SMILES string of the molecule is CC(=O)N[C@H]1CCN(c2nc(Nc3cc(N)cc(C(F)(F)F)c3)nc3c2CCCC3)C1.Cl. The zero-order chi connectivity index (χ0) is 22.2. The maximum Gasteiger partial charge on any atom is 0.416 e. The molecule has 1 atom stereocenters. The quantitative estimate of drug-likeness (QED) is 0.588. The third-order valence-electron chi connectivity index (χ3n) is 5.60. The molecule has 1 fully saturated rings. The van der Waals surface area contributed by atoms with E-state index in [0.29, 0.717) is 6.54 Å². The van der Waals surface area contributed by atoms with E-state index in [2.05, 4.69) is 25.5 Å². The lowest BCUT2D eigenvalue weighted by Crippen LogP contribution is -2.36. The Bertz CT molecular complexity index is 1000. The molecular weight excluding hydrogens is 445 g/mol. The molecule has 4 rings (SSSR count). The molecule has 1 aromatic carbocycles. The van der Waals surface area contributed by atoms with Crippen LogP contribution in [0.2, 0.25) is 0 Å². The summed E-state index contributed by atoms with van der Waals surface area (Å²) in [5, 5.41) is 5.86. The number of anilines is 4. The normalized spacial score (nSPS) is 18.0. The molecule has 32 heavy (non-hydrogen) atoms. The summed E-state index contributed by atoms with van der Waals surface area (Å²) in [5.74, 6) is 0.971. The molecule has 0 saturated carbocycles. The van der Waals surface area contributed by atoms with Gasteiger partial charge >= 0.3 is 6.18 Å². The number of carbonyl (C=O) groups excluding carboxylic acids is 1. The molecule has 1 aliphatic carbocycles. The lowest BCUT2D eigenvalue weighted by molar-refractivity contribution is -0.137. The summed E-state index contributed by atoms with van der Waals surface area (Å²) in [6, 6.07) is 3.38. The molecule has 0 unspecified atom stereocenters. The van der Waals surface area contributed by atoms with E-state index in [9.17, 15) is 18.0 Å². The van der Waals surface area contributed by atoms with E-state index in [1.54, 1.807) is 0 Å². The van der Waals surface area contributed by atoms with Crippen LogP contribution in [-0.2, 0) is 23.8 Å². The molecule has 2 heterocycles. The first kappa shape index (κ1) is 23.9. The molecule has 11 heteroatoms. The zero-order valence-corrected chi connectivity index (χ0v) is 18.4. The molecule has 7 nitrogen and oxygen atoms in total. The van der Waals surface area contributed by atoms with Gasteiger partial charge in [-0.25, -0.2) is 4.98 Å². The van der Waals surface area contributed by atoms with Crippen LogP contribution in [0.15, 0.2) is 18.2 Å². The molecule has 0 spiro atoms. The van der Waals surface area contributed by atoms with Crippen LogP contribution in [-0.4, -0.2) is 35.0 Å². The van der Waals surface area contributed by atoms with Gasteiger partial charge < -0.3 is 21.3 Å². The predicted molar refractivity (Wildman–Crippen MR) is 119 cm³/mol. The van der Waals surface area contributed by atoms with Gasteiger partial charge in [-0.1, -0.05) is 0 Å². The van der Waals surface area contributed by atoms with Gasteiger partial charge in [0.1, 0.15) is 5.82 Å². The minimum absolute atomic E-state index is 0. The van der Waals surface area contributed by atoms with E-state index in [1.165, 1.54) is 13.0 Å². The summed E-state index contributed by atoms with van der Waals surface area (Å²) in [6.45, 7) is 2.88. The van der Waals surface area contributed by atoms with Crippen molar-refractivity contribution in [2.45, 2.75) is 51.2 Å². The van der Waals surface area contributed by atoms with Crippen LogP contribution < -0.4 is 21.3 Å². The number of nitrogens with one attached hydrogen (secondary N) is 2. The summed E-state index contributed by atoms with van der Waals surface area (Å²) in [4.78, 5) is 22.8. The van der Waals surface area contributed by atoms with Gasteiger partial charge in [-0.05, 0) is 50.3 Å². The fourth-order valence-corrected chi connectivity index (χ4v) is 4.27. The van der Waals surface area contributed by atoms with E-state index in [0.717, 1.165) is 67.9 Å². The summed E-state index contributed by atoms with van der Waals surface area (Å²) in [6.07, 6.45) is 0.0282. The molecule has 2 aromatic rings. The van der Waals surface area contributed by atoms with Gasteiger partial charge in [0.2, 0.25) is 11.9 Å². The first-order chi connectivity index (χ1) is 14.7. The number of alkyl halides is 3. The number of halogens is 4. The molecule has 2 aliphatic rings. The molecular formula is C21H26ClF3N6O. The van der Waals surface area contributed by atoms with Gasteiger partial charge in [0.25, 0.3) is 0 Å². The molecule has 1 amide bonds. The maximum atomic E-state index is 13.2. The van der Waals surface area contributed by atoms with Crippen molar-refractivity contribution in [2.75, 3.05) is 29.0 Å². The number of carbonyl (C=O) groups is 1. The van der Waals surface area contributed by atoms with Crippen molar-refractivity contribution in [3.8, 4) is 0 Å².